The molecule has 0 amide bonds. The molecule has 2 aromatic carbocycles. The van der Waals surface area contributed by atoms with E-state index in [9.17, 15) is 5.11 Å². The van der Waals surface area contributed by atoms with Gasteiger partial charge in [-0.2, -0.15) is 0 Å². The minimum absolute atomic E-state index is 0.233. The Bertz CT molecular complexity index is 518. The van der Waals surface area contributed by atoms with Gasteiger partial charge in [0.2, 0.25) is 0 Å². The standard InChI is InChI=1S/C17H18O/c18-12-17-15-9-5-4-8-14(15)10-11-16(17)13-6-2-1-3-7-13/h1-9,16-18H,10-12H2/t16-,17-/m0/s1. The van der Waals surface area contributed by atoms with E-state index < -0.39 is 0 Å². The highest BCUT2D eigenvalue weighted by Crippen LogP contribution is 2.41. The van der Waals surface area contributed by atoms with Gasteiger partial charge in [0.1, 0.15) is 0 Å². The van der Waals surface area contributed by atoms with Crippen LogP contribution in [0.5, 0.6) is 0 Å². The molecule has 1 aliphatic carbocycles. The van der Waals surface area contributed by atoms with Crippen molar-refractivity contribution in [3.63, 3.8) is 0 Å². The van der Waals surface area contributed by atoms with Crippen molar-refractivity contribution in [1.82, 2.24) is 0 Å². The first kappa shape index (κ1) is 11.5. The Morgan fingerprint density at radius 3 is 2.44 bits per heavy atom. The molecule has 0 saturated carbocycles. The fourth-order valence-corrected chi connectivity index (χ4v) is 3.18. The molecule has 0 unspecified atom stereocenters. The lowest BCUT2D eigenvalue weighted by molar-refractivity contribution is 0.238. The van der Waals surface area contributed by atoms with Crippen molar-refractivity contribution in [3.8, 4) is 0 Å². The molecule has 0 saturated heterocycles. The minimum Gasteiger partial charge on any atom is -0.396 e. The Kier molecular flexibility index (Phi) is 3.16. The Balaban J connectivity index is 2.00. The molecule has 0 heterocycles. The lowest BCUT2D eigenvalue weighted by Crippen LogP contribution is -2.22. The number of aliphatic hydroxyl groups excluding tert-OH is 1. The van der Waals surface area contributed by atoms with E-state index in [1.807, 2.05) is 6.07 Å². The summed E-state index contributed by atoms with van der Waals surface area (Å²) in [6.07, 6.45) is 2.25. The summed E-state index contributed by atoms with van der Waals surface area (Å²) < 4.78 is 0. The van der Waals surface area contributed by atoms with Gasteiger partial charge in [0.25, 0.3) is 0 Å². The van der Waals surface area contributed by atoms with E-state index in [-0.39, 0.29) is 12.5 Å². The number of aryl methyl sites for hydroxylation is 1. The zero-order valence-corrected chi connectivity index (χ0v) is 10.4. The van der Waals surface area contributed by atoms with Gasteiger partial charge in [-0.3, -0.25) is 0 Å². The van der Waals surface area contributed by atoms with E-state index >= 15 is 0 Å². The van der Waals surface area contributed by atoms with E-state index in [4.69, 9.17) is 0 Å². The van der Waals surface area contributed by atoms with Crippen molar-refractivity contribution < 1.29 is 5.11 Å². The molecule has 3 rings (SSSR count). The summed E-state index contributed by atoms with van der Waals surface area (Å²) in [7, 11) is 0. The summed E-state index contributed by atoms with van der Waals surface area (Å²) >= 11 is 0. The average Bonchev–Trinajstić information content (AvgIpc) is 2.47. The molecule has 1 N–H and O–H groups in total. The first-order valence-corrected chi connectivity index (χ1v) is 6.63. The SMILES string of the molecule is OC[C@H]1c2ccccc2CC[C@H]1c1ccccc1. The number of aliphatic hydroxyl groups is 1. The molecule has 1 aliphatic rings. The van der Waals surface area contributed by atoms with Crippen LogP contribution in [0.25, 0.3) is 0 Å². The van der Waals surface area contributed by atoms with Crippen molar-refractivity contribution in [3.05, 3.63) is 71.3 Å². The van der Waals surface area contributed by atoms with Crippen molar-refractivity contribution in [1.29, 1.82) is 0 Å². The Morgan fingerprint density at radius 1 is 0.944 bits per heavy atom. The molecule has 92 valence electrons. The number of fused-ring (bicyclic) bond motifs is 1. The first-order chi connectivity index (χ1) is 8.90. The van der Waals surface area contributed by atoms with E-state index in [0.29, 0.717) is 5.92 Å². The van der Waals surface area contributed by atoms with Gasteiger partial charge < -0.3 is 5.11 Å². The molecule has 0 spiro atoms. The van der Waals surface area contributed by atoms with Crippen LogP contribution in [0.2, 0.25) is 0 Å². The highest BCUT2D eigenvalue weighted by molar-refractivity contribution is 5.38. The average molecular weight is 238 g/mol. The molecular formula is C17H18O. The monoisotopic (exact) mass is 238 g/mol. The number of benzene rings is 2. The number of hydrogen-bond acceptors (Lipinski definition) is 1. The van der Waals surface area contributed by atoms with Crippen LogP contribution in [0, 0.1) is 0 Å². The van der Waals surface area contributed by atoms with Crippen LogP contribution in [0.4, 0.5) is 0 Å². The largest absolute Gasteiger partial charge is 0.396 e. The third kappa shape index (κ3) is 1.95. The van der Waals surface area contributed by atoms with Gasteiger partial charge in [-0.15, -0.1) is 0 Å². The van der Waals surface area contributed by atoms with E-state index in [1.165, 1.54) is 16.7 Å². The topological polar surface area (TPSA) is 20.2 Å². The highest BCUT2D eigenvalue weighted by Gasteiger charge is 2.29. The molecule has 0 radical (unpaired) electrons. The third-order valence-electron chi connectivity index (χ3n) is 4.09. The second-order valence-electron chi connectivity index (χ2n) is 5.04. The normalized spacial score (nSPS) is 22.5. The van der Waals surface area contributed by atoms with Gasteiger partial charge in [-0.1, -0.05) is 54.6 Å². The minimum atomic E-state index is 0.233. The van der Waals surface area contributed by atoms with Crippen LogP contribution in [0.15, 0.2) is 54.6 Å². The first-order valence-electron chi connectivity index (χ1n) is 6.63. The molecule has 18 heavy (non-hydrogen) atoms. The Hall–Kier alpha value is -1.60. The fraction of sp³-hybridized carbons (Fsp3) is 0.294. The maximum absolute atomic E-state index is 9.77. The lowest BCUT2D eigenvalue weighted by atomic mass is 9.72. The van der Waals surface area contributed by atoms with Gasteiger partial charge in [0, 0.05) is 5.92 Å². The van der Waals surface area contributed by atoms with Gasteiger partial charge >= 0.3 is 0 Å². The summed E-state index contributed by atoms with van der Waals surface area (Å²) in [5, 5.41) is 9.77. The molecule has 2 atom stereocenters. The predicted molar refractivity (Wildman–Crippen MR) is 73.8 cm³/mol. The van der Waals surface area contributed by atoms with Crippen LogP contribution in [-0.2, 0) is 6.42 Å². The maximum Gasteiger partial charge on any atom is 0.0505 e. The van der Waals surface area contributed by atoms with E-state index in [0.717, 1.165) is 12.8 Å². The van der Waals surface area contributed by atoms with Gasteiger partial charge in [0.15, 0.2) is 0 Å². The predicted octanol–water partition coefficient (Wildman–Crippen LogP) is 3.49. The van der Waals surface area contributed by atoms with Gasteiger partial charge in [-0.05, 0) is 35.4 Å². The summed E-state index contributed by atoms with van der Waals surface area (Å²) in [6, 6.07) is 19.1. The lowest BCUT2D eigenvalue weighted by Gasteiger charge is -2.33. The van der Waals surface area contributed by atoms with Crippen LogP contribution in [0.1, 0.15) is 34.9 Å². The molecule has 1 nitrogen and oxygen atoms in total. The Labute approximate surface area is 108 Å². The molecule has 0 aliphatic heterocycles. The van der Waals surface area contributed by atoms with E-state index in [2.05, 4.69) is 48.5 Å². The van der Waals surface area contributed by atoms with Crippen molar-refractivity contribution >= 4 is 0 Å². The maximum atomic E-state index is 9.77. The second kappa shape index (κ2) is 4.95. The summed E-state index contributed by atoms with van der Waals surface area (Å²) in [4.78, 5) is 0. The Morgan fingerprint density at radius 2 is 1.67 bits per heavy atom. The summed E-state index contributed by atoms with van der Waals surface area (Å²) in [5.74, 6) is 0.698. The summed E-state index contributed by atoms with van der Waals surface area (Å²) in [6.45, 7) is 0.233. The molecule has 0 fully saturated rings. The third-order valence-corrected chi connectivity index (χ3v) is 4.09. The second-order valence-corrected chi connectivity index (χ2v) is 5.04. The number of rotatable bonds is 2. The van der Waals surface area contributed by atoms with Crippen molar-refractivity contribution in [2.24, 2.45) is 0 Å². The van der Waals surface area contributed by atoms with Gasteiger partial charge in [-0.25, -0.2) is 0 Å². The molecule has 1 heteroatoms. The van der Waals surface area contributed by atoms with E-state index in [1.54, 1.807) is 0 Å². The molecule has 0 aromatic heterocycles. The van der Waals surface area contributed by atoms with Crippen LogP contribution in [0.3, 0.4) is 0 Å². The fourth-order valence-electron chi connectivity index (χ4n) is 3.18. The molecule has 0 bridgehead atoms. The quantitative estimate of drug-likeness (QED) is 0.849. The van der Waals surface area contributed by atoms with Crippen molar-refractivity contribution in [2.45, 2.75) is 24.7 Å². The molecule has 2 aromatic rings. The van der Waals surface area contributed by atoms with Crippen LogP contribution >= 0.6 is 0 Å². The highest BCUT2D eigenvalue weighted by atomic mass is 16.3. The molecular weight excluding hydrogens is 220 g/mol. The van der Waals surface area contributed by atoms with Crippen LogP contribution < -0.4 is 0 Å². The van der Waals surface area contributed by atoms with Crippen LogP contribution in [-0.4, -0.2) is 11.7 Å². The summed E-state index contributed by atoms with van der Waals surface area (Å²) in [5.41, 5.74) is 4.09. The smallest absolute Gasteiger partial charge is 0.0505 e. The zero-order chi connectivity index (χ0) is 12.4. The zero-order valence-electron chi connectivity index (χ0n) is 10.4. The number of hydrogen-bond donors (Lipinski definition) is 1. The van der Waals surface area contributed by atoms with Gasteiger partial charge in [0.05, 0.1) is 6.61 Å². The van der Waals surface area contributed by atoms with Crippen molar-refractivity contribution in [2.75, 3.05) is 6.61 Å².